The van der Waals surface area contributed by atoms with Crippen LogP contribution in [0.4, 0.5) is 10.1 Å². The van der Waals surface area contributed by atoms with Gasteiger partial charge in [-0.15, -0.1) is 0 Å². The lowest BCUT2D eigenvalue weighted by Crippen LogP contribution is -2.38. The minimum Gasteiger partial charge on any atom is -0.379 e. The molecule has 4 rings (SSSR count). The van der Waals surface area contributed by atoms with Crippen LogP contribution in [0, 0.1) is 5.82 Å². The third kappa shape index (κ3) is 5.30. The molecule has 0 saturated carbocycles. The molecule has 0 atom stereocenters. The van der Waals surface area contributed by atoms with Gasteiger partial charge in [0.2, 0.25) is 0 Å². The molecular formula is C22H20Cl2FN3O2S. The molecule has 0 bridgehead atoms. The second kappa shape index (κ2) is 10.1. The zero-order chi connectivity index (χ0) is 21.8. The van der Waals surface area contributed by atoms with E-state index in [1.54, 1.807) is 42.5 Å². The molecule has 0 spiro atoms. The summed E-state index contributed by atoms with van der Waals surface area (Å²) in [5.74, 6) is -0.143. The highest BCUT2D eigenvalue weighted by atomic mass is 35.5. The molecule has 1 fully saturated rings. The summed E-state index contributed by atoms with van der Waals surface area (Å²) in [6, 6.07) is 11.3. The van der Waals surface area contributed by atoms with E-state index in [-0.39, 0.29) is 17.3 Å². The maximum absolute atomic E-state index is 14.5. The summed E-state index contributed by atoms with van der Waals surface area (Å²) in [5.41, 5.74) is 1.09. The fraction of sp³-hybridized carbons (Fsp3) is 0.273. The number of hydrogen-bond donors (Lipinski definition) is 0. The molecule has 1 amide bonds. The topological polar surface area (TPSA) is 45.1 Å². The smallest absolute Gasteiger partial charge is 0.283 e. The van der Waals surface area contributed by atoms with Crippen LogP contribution in [0.1, 0.15) is 5.56 Å². The van der Waals surface area contributed by atoms with E-state index in [0.29, 0.717) is 20.8 Å². The molecule has 0 radical (unpaired) electrons. The van der Waals surface area contributed by atoms with Crippen LogP contribution in [0.2, 0.25) is 10.0 Å². The average molecular weight is 480 g/mol. The van der Waals surface area contributed by atoms with Gasteiger partial charge in [-0.25, -0.2) is 9.38 Å². The number of benzene rings is 2. The van der Waals surface area contributed by atoms with Crippen LogP contribution in [0.5, 0.6) is 0 Å². The number of morpholine rings is 1. The van der Waals surface area contributed by atoms with Gasteiger partial charge in [-0.3, -0.25) is 14.6 Å². The molecule has 2 aromatic rings. The Hall–Kier alpha value is -1.90. The number of nitrogens with zero attached hydrogens (tertiary/aromatic N) is 3. The summed E-state index contributed by atoms with van der Waals surface area (Å²) >= 11 is 13.5. The summed E-state index contributed by atoms with van der Waals surface area (Å²) in [4.78, 5) is 21.3. The molecule has 2 aliphatic heterocycles. The van der Waals surface area contributed by atoms with Gasteiger partial charge >= 0.3 is 0 Å². The first kappa shape index (κ1) is 22.3. The predicted molar refractivity (Wildman–Crippen MR) is 125 cm³/mol. The molecule has 162 valence electrons. The zero-order valence-corrected chi connectivity index (χ0v) is 18.9. The number of ether oxygens (including phenoxy) is 1. The van der Waals surface area contributed by atoms with Crippen molar-refractivity contribution in [2.45, 2.75) is 0 Å². The number of anilines is 1. The number of hydrogen-bond acceptors (Lipinski definition) is 5. The van der Waals surface area contributed by atoms with Gasteiger partial charge in [-0.05, 0) is 35.9 Å². The molecule has 5 nitrogen and oxygen atoms in total. The minimum absolute atomic E-state index is 0.183. The first-order valence-corrected chi connectivity index (χ1v) is 11.5. The van der Waals surface area contributed by atoms with Crippen LogP contribution in [-0.4, -0.2) is 54.6 Å². The number of halogens is 3. The standard InChI is InChI=1S/C22H20Cl2FN3O2S/c23-16-6-5-15(13-17(16)24)14-19-21(29)28(20-4-2-1-3-18(20)25)22(26-19)31-12-9-27-7-10-30-11-8-27/h1-6,13-14H,7-12H2. The predicted octanol–water partition coefficient (Wildman–Crippen LogP) is 4.94. The molecule has 0 N–H and O–H groups in total. The van der Waals surface area contributed by atoms with E-state index in [1.165, 1.54) is 22.7 Å². The van der Waals surface area contributed by atoms with E-state index in [2.05, 4.69) is 9.89 Å². The highest BCUT2D eigenvalue weighted by molar-refractivity contribution is 8.14. The summed E-state index contributed by atoms with van der Waals surface area (Å²) < 4.78 is 19.9. The maximum atomic E-state index is 14.5. The Morgan fingerprint density at radius 1 is 1.13 bits per heavy atom. The Labute approximate surface area is 194 Å². The lowest BCUT2D eigenvalue weighted by atomic mass is 10.2. The molecule has 9 heteroatoms. The number of amides is 1. The van der Waals surface area contributed by atoms with Gasteiger partial charge in [0.15, 0.2) is 5.17 Å². The molecule has 2 aromatic carbocycles. The van der Waals surface area contributed by atoms with E-state index in [9.17, 15) is 9.18 Å². The van der Waals surface area contributed by atoms with Crippen LogP contribution in [0.3, 0.4) is 0 Å². The molecule has 2 aliphatic rings. The third-order valence-corrected chi connectivity index (χ3v) is 6.57. The van der Waals surface area contributed by atoms with Gasteiger partial charge in [0.25, 0.3) is 5.91 Å². The van der Waals surface area contributed by atoms with Crippen LogP contribution < -0.4 is 4.90 Å². The number of aliphatic imine (C=N–C) groups is 1. The van der Waals surface area contributed by atoms with Crippen LogP contribution >= 0.6 is 35.0 Å². The second-order valence-electron chi connectivity index (χ2n) is 6.99. The largest absolute Gasteiger partial charge is 0.379 e. The average Bonchev–Trinajstić information content (AvgIpc) is 3.07. The van der Waals surface area contributed by atoms with Crippen LogP contribution in [0.15, 0.2) is 53.2 Å². The van der Waals surface area contributed by atoms with E-state index in [4.69, 9.17) is 27.9 Å². The van der Waals surface area contributed by atoms with Gasteiger partial charge < -0.3 is 4.74 Å². The van der Waals surface area contributed by atoms with Crippen molar-refractivity contribution in [3.63, 3.8) is 0 Å². The fourth-order valence-corrected chi connectivity index (χ4v) is 4.60. The van der Waals surface area contributed by atoms with E-state index in [0.717, 1.165) is 38.6 Å². The summed E-state index contributed by atoms with van der Waals surface area (Å²) in [5, 5.41) is 1.27. The van der Waals surface area contributed by atoms with E-state index < -0.39 is 5.82 Å². The zero-order valence-electron chi connectivity index (χ0n) is 16.6. The Bertz CT molecular complexity index is 1040. The molecule has 31 heavy (non-hydrogen) atoms. The van der Waals surface area contributed by atoms with Crippen LogP contribution in [-0.2, 0) is 9.53 Å². The molecule has 0 unspecified atom stereocenters. The Kier molecular flexibility index (Phi) is 7.30. The first-order valence-electron chi connectivity index (χ1n) is 9.80. The van der Waals surface area contributed by atoms with E-state index in [1.807, 2.05) is 0 Å². The Balaban J connectivity index is 1.59. The van der Waals surface area contributed by atoms with Crippen molar-refractivity contribution in [2.75, 3.05) is 43.5 Å². The van der Waals surface area contributed by atoms with Gasteiger partial charge in [-0.2, -0.15) is 0 Å². The normalized spacial score (nSPS) is 18.7. The van der Waals surface area contributed by atoms with Gasteiger partial charge in [0.05, 0.1) is 28.9 Å². The minimum atomic E-state index is -0.479. The summed E-state index contributed by atoms with van der Waals surface area (Å²) in [6.45, 7) is 4.04. The number of thioether (sulfide) groups is 1. The van der Waals surface area contributed by atoms with Gasteiger partial charge in [0, 0.05) is 25.4 Å². The van der Waals surface area contributed by atoms with Crippen molar-refractivity contribution >= 4 is 57.8 Å². The number of amidine groups is 1. The Morgan fingerprint density at radius 2 is 1.90 bits per heavy atom. The monoisotopic (exact) mass is 479 g/mol. The van der Waals surface area contributed by atoms with E-state index >= 15 is 0 Å². The molecular weight excluding hydrogens is 460 g/mol. The number of carbonyl (C=O) groups excluding carboxylic acids is 1. The van der Waals surface area contributed by atoms with Crippen molar-refractivity contribution in [2.24, 2.45) is 4.99 Å². The SMILES string of the molecule is O=C1C(=Cc2ccc(Cl)c(Cl)c2)N=C(SCCN2CCOCC2)N1c1ccccc1F. The number of carbonyl (C=O) groups is 1. The van der Waals surface area contributed by atoms with Crippen LogP contribution in [0.25, 0.3) is 6.08 Å². The van der Waals surface area contributed by atoms with Gasteiger partial charge in [-0.1, -0.05) is 53.2 Å². The summed E-state index contributed by atoms with van der Waals surface area (Å²) in [6.07, 6.45) is 1.63. The van der Waals surface area contributed by atoms with Crippen molar-refractivity contribution in [1.29, 1.82) is 0 Å². The lowest BCUT2D eigenvalue weighted by molar-refractivity contribution is -0.113. The molecule has 0 aliphatic carbocycles. The van der Waals surface area contributed by atoms with Gasteiger partial charge in [0.1, 0.15) is 11.5 Å². The second-order valence-corrected chi connectivity index (χ2v) is 8.87. The highest BCUT2D eigenvalue weighted by Crippen LogP contribution is 2.32. The number of rotatable bonds is 5. The molecule has 2 heterocycles. The lowest BCUT2D eigenvalue weighted by Gasteiger charge is -2.26. The van der Waals surface area contributed by atoms with Crippen molar-refractivity contribution in [1.82, 2.24) is 4.90 Å². The van der Waals surface area contributed by atoms with Crippen molar-refractivity contribution in [3.05, 3.63) is 69.6 Å². The molecule has 1 saturated heterocycles. The van der Waals surface area contributed by atoms with Crippen molar-refractivity contribution < 1.29 is 13.9 Å². The molecule has 0 aromatic heterocycles. The summed E-state index contributed by atoms with van der Waals surface area (Å²) in [7, 11) is 0. The third-order valence-electron chi connectivity index (χ3n) is 4.91. The van der Waals surface area contributed by atoms with Crippen molar-refractivity contribution in [3.8, 4) is 0 Å². The number of para-hydroxylation sites is 1. The Morgan fingerprint density at radius 3 is 2.65 bits per heavy atom. The quantitative estimate of drug-likeness (QED) is 0.569. The maximum Gasteiger partial charge on any atom is 0.283 e. The first-order chi connectivity index (χ1) is 15.0. The highest BCUT2D eigenvalue weighted by Gasteiger charge is 2.33. The fourth-order valence-electron chi connectivity index (χ4n) is 3.29.